The van der Waals surface area contributed by atoms with Crippen LogP contribution in [-0.4, -0.2) is 19.5 Å². The van der Waals surface area contributed by atoms with Crippen molar-refractivity contribution in [2.75, 3.05) is 0 Å². The van der Waals surface area contributed by atoms with Gasteiger partial charge in [0, 0.05) is 38.2 Å². The van der Waals surface area contributed by atoms with E-state index in [1.54, 1.807) is 0 Å². The maximum absolute atomic E-state index is 6.84. The van der Waals surface area contributed by atoms with E-state index in [0.717, 1.165) is 88.0 Å². The fourth-order valence-electron chi connectivity index (χ4n) is 10.2. The van der Waals surface area contributed by atoms with Crippen molar-refractivity contribution in [3.63, 3.8) is 0 Å². The maximum atomic E-state index is 6.84. The van der Waals surface area contributed by atoms with E-state index in [1.165, 1.54) is 32.3 Å². The van der Waals surface area contributed by atoms with Crippen molar-refractivity contribution in [3.8, 4) is 51.0 Å². The molecular formula is C61H36N4O. The van der Waals surface area contributed by atoms with Gasteiger partial charge in [0.2, 0.25) is 0 Å². The Morgan fingerprint density at radius 1 is 0.303 bits per heavy atom. The highest BCUT2D eigenvalue weighted by atomic mass is 16.3. The zero-order valence-corrected chi connectivity index (χ0v) is 35.5. The molecule has 306 valence electrons. The molecule has 0 aliphatic heterocycles. The number of benzene rings is 11. The molecule has 0 fully saturated rings. The summed E-state index contributed by atoms with van der Waals surface area (Å²) in [6.07, 6.45) is 0. The molecule has 5 nitrogen and oxygen atoms in total. The van der Waals surface area contributed by atoms with E-state index in [0.29, 0.717) is 17.5 Å². The van der Waals surface area contributed by atoms with Crippen molar-refractivity contribution in [2.24, 2.45) is 0 Å². The molecule has 0 saturated heterocycles. The fourth-order valence-corrected chi connectivity index (χ4v) is 10.2. The van der Waals surface area contributed by atoms with Crippen molar-refractivity contribution in [2.45, 2.75) is 0 Å². The second-order valence-corrected chi connectivity index (χ2v) is 17.2. The normalized spacial score (nSPS) is 11.9. The number of hydrogen-bond donors (Lipinski definition) is 0. The molecule has 5 heteroatoms. The van der Waals surface area contributed by atoms with E-state index < -0.39 is 0 Å². The second-order valence-electron chi connectivity index (χ2n) is 17.2. The lowest BCUT2D eigenvalue weighted by Crippen LogP contribution is -2.04. The molecule has 14 rings (SSSR count). The Kier molecular flexibility index (Phi) is 7.91. The first-order valence-corrected chi connectivity index (χ1v) is 22.3. The molecule has 11 aromatic carbocycles. The monoisotopic (exact) mass is 840 g/mol. The van der Waals surface area contributed by atoms with Crippen LogP contribution in [0.5, 0.6) is 0 Å². The molecule has 0 aliphatic rings. The summed E-state index contributed by atoms with van der Waals surface area (Å²) in [6.45, 7) is 0. The van der Waals surface area contributed by atoms with Gasteiger partial charge >= 0.3 is 0 Å². The maximum Gasteiger partial charge on any atom is 0.166 e. The molecular weight excluding hydrogens is 805 g/mol. The third-order valence-corrected chi connectivity index (χ3v) is 13.4. The zero-order chi connectivity index (χ0) is 43.3. The Morgan fingerprint density at radius 2 is 0.848 bits per heavy atom. The smallest absolute Gasteiger partial charge is 0.166 e. The molecule has 3 heterocycles. The standard InChI is InChI=1S/C61H36N4O/c1-2-12-37(13-3-1)39-22-25-42(26-23-39)59-62-60(46-27-24-38-14-4-5-17-43(38)32-46)64-61(63-59)50-36-56-51(58-48-21-11-9-16-41(48)29-31-55(58)66-56)35-54(50)65-52-30-28-40-15-8-10-20-47(40)57(52)49-33-44-18-6-7-19-45(44)34-53(49)65/h1-36H. The van der Waals surface area contributed by atoms with Crippen LogP contribution >= 0.6 is 0 Å². The van der Waals surface area contributed by atoms with E-state index in [4.69, 9.17) is 19.4 Å². The highest BCUT2D eigenvalue weighted by Gasteiger charge is 2.24. The van der Waals surface area contributed by atoms with E-state index in [2.05, 4.69) is 217 Å². The lowest BCUT2D eigenvalue weighted by molar-refractivity contribution is 0.669. The van der Waals surface area contributed by atoms with Crippen LogP contribution < -0.4 is 0 Å². The zero-order valence-electron chi connectivity index (χ0n) is 35.5. The number of nitrogens with zero attached hydrogens (tertiary/aromatic N) is 4. The lowest BCUT2D eigenvalue weighted by atomic mass is 10.0. The molecule has 0 spiro atoms. The minimum absolute atomic E-state index is 0.550. The summed E-state index contributed by atoms with van der Waals surface area (Å²) in [5.41, 5.74) is 9.65. The topological polar surface area (TPSA) is 56.7 Å². The largest absolute Gasteiger partial charge is 0.456 e. The molecule has 0 N–H and O–H groups in total. The predicted molar refractivity (Wildman–Crippen MR) is 273 cm³/mol. The van der Waals surface area contributed by atoms with Gasteiger partial charge in [0.1, 0.15) is 11.2 Å². The van der Waals surface area contributed by atoms with Gasteiger partial charge in [0.15, 0.2) is 17.5 Å². The number of fused-ring (bicyclic) bond motifs is 12. The molecule has 0 atom stereocenters. The third-order valence-electron chi connectivity index (χ3n) is 13.4. The van der Waals surface area contributed by atoms with Gasteiger partial charge < -0.3 is 8.98 Å². The van der Waals surface area contributed by atoms with Crippen LogP contribution in [0.1, 0.15) is 0 Å². The minimum Gasteiger partial charge on any atom is -0.456 e. The Morgan fingerprint density at radius 3 is 1.61 bits per heavy atom. The van der Waals surface area contributed by atoms with Crippen LogP contribution in [0.25, 0.3) is 138 Å². The van der Waals surface area contributed by atoms with Gasteiger partial charge in [-0.25, -0.2) is 15.0 Å². The quantitative estimate of drug-likeness (QED) is 0.173. The summed E-state index contributed by atoms with van der Waals surface area (Å²) in [7, 11) is 0. The SMILES string of the molecule is c1ccc(-c2ccc(-c3nc(-c4ccc5ccccc5c4)nc(-c4cc5oc6ccc7ccccc7c6c5cc4-n4c5cc6ccccc6cc5c5c6ccccc6ccc54)n3)cc2)cc1. The number of rotatable bonds is 5. The van der Waals surface area contributed by atoms with E-state index in [1.807, 2.05) is 6.07 Å². The van der Waals surface area contributed by atoms with Crippen LogP contribution in [0.3, 0.4) is 0 Å². The van der Waals surface area contributed by atoms with E-state index in [9.17, 15) is 0 Å². The number of aromatic nitrogens is 4. The van der Waals surface area contributed by atoms with E-state index in [-0.39, 0.29) is 0 Å². The summed E-state index contributed by atoms with van der Waals surface area (Å²) in [6, 6.07) is 77.6. The third kappa shape index (κ3) is 5.70. The molecule has 0 amide bonds. The van der Waals surface area contributed by atoms with Crippen LogP contribution in [0, 0.1) is 0 Å². The van der Waals surface area contributed by atoms with Crippen molar-refractivity contribution in [1.29, 1.82) is 0 Å². The molecule has 0 saturated carbocycles. The first-order valence-electron chi connectivity index (χ1n) is 22.3. The van der Waals surface area contributed by atoms with Gasteiger partial charge in [-0.3, -0.25) is 0 Å². The summed E-state index contributed by atoms with van der Waals surface area (Å²) < 4.78 is 9.26. The molecule has 0 bridgehead atoms. The predicted octanol–water partition coefficient (Wildman–Crippen LogP) is 16.1. The average Bonchev–Trinajstić information content (AvgIpc) is 3.92. The number of hydrogen-bond acceptors (Lipinski definition) is 4. The lowest BCUT2D eigenvalue weighted by Gasteiger charge is -2.16. The summed E-state index contributed by atoms with van der Waals surface area (Å²) >= 11 is 0. The summed E-state index contributed by atoms with van der Waals surface area (Å²) in [4.78, 5) is 16.1. The molecule has 0 aliphatic carbocycles. The molecule has 66 heavy (non-hydrogen) atoms. The van der Waals surface area contributed by atoms with Crippen LogP contribution in [-0.2, 0) is 0 Å². The Labute approximate surface area is 378 Å². The minimum atomic E-state index is 0.550. The summed E-state index contributed by atoms with van der Waals surface area (Å²) in [5.74, 6) is 1.73. The Hall–Kier alpha value is -8.93. The Balaban J connectivity index is 1.11. The first kappa shape index (κ1) is 36.5. The van der Waals surface area contributed by atoms with Crippen molar-refractivity contribution >= 4 is 86.8 Å². The summed E-state index contributed by atoms with van der Waals surface area (Å²) in [5, 5.41) is 13.8. The molecule has 0 radical (unpaired) electrons. The van der Waals surface area contributed by atoms with Crippen molar-refractivity contribution in [3.05, 3.63) is 218 Å². The van der Waals surface area contributed by atoms with Gasteiger partial charge in [0.05, 0.1) is 16.7 Å². The van der Waals surface area contributed by atoms with Gasteiger partial charge in [-0.1, -0.05) is 176 Å². The molecule has 3 aromatic heterocycles. The highest BCUT2D eigenvalue weighted by molar-refractivity contribution is 6.24. The van der Waals surface area contributed by atoms with Gasteiger partial charge in [-0.2, -0.15) is 0 Å². The van der Waals surface area contributed by atoms with Crippen LogP contribution in [0.4, 0.5) is 0 Å². The fraction of sp³-hybridized carbons (Fsp3) is 0. The highest BCUT2D eigenvalue weighted by Crippen LogP contribution is 2.44. The van der Waals surface area contributed by atoms with Gasteiger partial charge in [-0.15, -0.1) is 0 Å². The van der Waals surface area contributed by atoms with E-state index >= 15 is 0 Å². The average molecular weight is 841 g/mol. The van der Waals surface area contributed by atoms with Crippen LogP contribution in [0.15, 0.2) is 223 Å². The second kappa shape index (κ2) is 14.3. The first-order chi connectivity index (χ1) is 32.7. The van der Waals surface area contributed by atoms with Crippen molar-refractivity contribution in [1.82, 2.24) is 19.5 Å². The molecule has 0 unspecified atom stereocenters. The van der Waals surface area contributed by atoms with Gasteiger partial charge in [0.25, 0.3) is 0 Å². The Bertz CT molecular complexity index is 4280. The number of furan rings is 1. The molecule has 14 aromatic rings. The van der Waals surface area contributed by atoms with Gasteiger partial charge in [-0.05, 0) is 96.7 Å². The van der Waals surface area contributed by atoms with Crippen LogP contribution in [0.2, 0.25) is 0 Å². The van der Waals surface area contributed by atoms with Crippen molar-refractivity contribution < 1.29 is 4.42 Å².